The molecule has 202 valence electrons. The lowest BCUT2D eigenvalue weighted by Crippen LogP contribution is -2.56. The van der Waals surface area contributed by atoms with Crippen molar-refractivity contribution >= 4 is 34.4 Å². The van der Waals surface area contributed by atoms with Gasteiger partial charge >= 0.3 is 12.1 Å². The second kappa shape index (κ2) is 10.0. The highest BCUT2D eigenvalue weighted by Crippen LogP contribution is 2.40. The summed E-state index contributed by atoms with van der Waals surface area (Å²) in [4.78, 5) is 32.7. The number of carbonyl (C=O) groups excluding carboxylic acids is 1. The Bertz CT molecular complexity index is 1160. The van der Waals surface area contributed by atoms with Gasteiger partial charge in [0.1, 0.15) is 29.4 Å². The van der Waals surface area contributed by atoms with Crippen molar-refractivity contribution in [1.82, 2.24) is 24.8 Å². The lowest BCUT2D eigenvalue weighted by Gasteiger charge is -2.42. The lowest BCUT2D eigenvalue weighted by atomic mass is 9.95. The summed E-state index contributed by atoms with van der Waals surface area (Å²) in [6.07, 6.45) is 3.76. The topological polar surface area (TPSA) is 83.9 Å². The van der Waals surface area contributed by atoms with E-state index in [9.17, 15) is 9.18 Å². The minimum absolute atomic E-state index is 0.0378. The van der Waals surface area contributed by atoms with Gasteiger partial charge in [-0.2, -0.15) is 9.97 Å². The largest absolute Gasteiger partial charge is 0.461 e. The predicted octanol–water partition coefficient (Wildman–Crippen LogP) is 4.47. The SMILES string of the molecule is CCC1CN(c2nc(OC[C@@]34CCCN3C[C@H](F)C4)nc3cc(Cl)ncc23)CCN1C(=O)OC(C)(C)C. The van der Waals surface area contributed by atoms with Crippen molar-refractivity contribution in [2.75, 3.05) is 44.2 Å². The van der Waals surface area contributed by atoms with Crippen LogP contribution in [0.25, 0.3) is 10.9 Å². The van der Waals surface area contributed by atoms with Crippen LogP contribution >= 0.6 is 11.6 Å². The number of aromatic nitrogens is 3. The number of rotatable bonds is 5. The van der Waals surface area contributed by atoms with Crippen molar-refractivity contribution in [3.8, 4) is 6.01 Å². The first-order valence-corrected chi connectivity index (χ1v) is 13.5. The molecule has 3 aliphatic rings. The van der Waals surface area contributed by atoms with Gasteiger partial charge in [0.25, 0.3) is 0 Å². The van der Waals surface area contributed by atoms with Gasteiger partial charge < -0.3 is 19.3 Å². The molecule has 0 aliphatic carbocycles. The smallest absolute Gasteiger partial charge is 0.410 e. The first-order chi connectivity index (χ1) is 17.6. The normalized spacial score (nSPS) is 26.5. The molecule has 1 unspecified atom stereocenters. The van der Waals surface area contributed by atoms with Gasteiger partial charge in [0.2, 0.25) is 0 Å². The molecular weight excluding hydrogens is 499 g/mol. The Hall–Kier alpha value is -2.46. The van der Waals surface area contributed by atoms with Crippen LogP contribution in [0.2, 0.25) is 5.15 Å². The van der Waals surface area contributed by atoms with Gasteiger partial charge in [-0.3, -0.25) is 4.90 Å². The number of piperazine rings is 1. The van der Waals surface area contributed by atoms with Crippen LogP contribution in [-0.4, -0.2) is 93.5 Å². The zero-order valence-electron chi connectivity index (χ0n) is 22.0. The Labute approximate surface area is 222 Å². The molecule has 9 nitrogen and oxygen atoms in total. The van der Waals surface area contributed by atoms with Gasteiger partial charge in [0.15, 0.2) is 0 Å². The number of hydrogen-bond donors (Lipinski definition) is 0. The summed E-state index contributed by atoms with van der Waals surface area (Å²) in [5.74, 6) is 0.696. The van der Waals surface area contributed by atoms with E-state index in [1.807, 2.05) is 20.8 Å². The molecule has 0 bridgehead atoms. The molecule has 3 atom stereocenters. The van der Waals surface area contributed by atoms with Gasteiger partial charge in [-0.25, -0.2) is 14.2 Å². The Morgan fingerprint density at radius 3 is 2.81 bits per heavy atom. The van der Waals surface area contributed by atoms with Crippen molar-refractivity contribution in [2.45, 2.75) is 76.7 Å². The number of amides is 1. The molecule has 2 aromatic rings. The van der Waals surface area contributed by atoms with Crippen molar-refractivity contribution < 1.29 is 18.7 Å². The number of halogens is 2. The van der Waals surface area contributed by atoms with Crippen LogP contribution in [0.1, 0.15) is 53.4 Å². The van der Waals surface area contributed by atoms with Gasteiger partial charge in [0.05, 0.1) is 22.5 Å². The van der Waals surface area contributed by atoms with Crippen LogP contribution in [0.15, 0.2) is 12.3 Å². The third kappa shape index (κ3) is 5.41. The van der Waals surface area contributed by atoms with Gasteiger partial charge in [-0.1, -0.05) is 18.5 Å². The van der Waals surface area contributed by atoms with E-state index in [-0.39, 0.29) is 23.7 Å². The number of nitrogens with zero attached hydrogens (tertiary/aromatic N) is 6. The van der Waals surface area contributed by atoms with Gasteiger partial charge in [-0.05, 0) is 46.6 Å². The molecule has 3 aliphatic heterocycles. The first kappa shape index (κ1) is 26.2. The van der Waals surface area contributed by atoms with E-state index in [1.54, 1.807) is 17.2 Å². The summed E-state index contributed by atoms with van der Waals surface area (Å²) in [5, 5.41) is 1.10. The summed E-state index contributed by atoms with van der Waals surface area (Å²) in [6, 6.07) is 1.91. The van der Waals surface area contributed by atoms with E-state index in [0.29, 0.717) is 55.7 Å². The molecule has 0 spiro atoms. The molecule has 0 aromatic carbocycles. The zero-order valence-corrected chi connectivity index (χ0v) is 22.8. The number of fused-ring (bicyclic) bond motifs is 2. The molecule has 11 heteroatoms. The van der Waals surface area contributed by atoms with Crippen LogP contribution in [-0.2, 0) is 4.74 Å². The van der Waals surface area contributed by atoms with Gasteiger partial charge in [0, 0.05) is 44.9 Å². The molecule has 5 heterocycles. The van der Waals surface area contributed by atoms with Gasteiger partial charge in [-0.15, -0.1) is 0 Å². The summed E-state index contributed by atoms with van der Waals surface area (Å²) < 4.78 is 26.1. The summed E-state index contributed by atoms with van der Waals surface area (Å²) >= 11 is 6.20. The number of pyridine rings is 1. The van der Waals surface area contributed by atoms with E-state index >= 15 is 0 Å². The first-order valence-electron chi connectivity index (χ1n) is 13.2. The maximum atomic E-state index is 14.2. The van der Waals surface area contributed by atoms with E-state index in [1.165, 1.54) is 0 Å². The summed E-state index contributed by atoms with van der Waals surface area (Å²) in [7, 11) is 0. The number of alkyl halides is 1. The van der Waals surface area contributed by atoms with Crippen LogP contribution in [0.5, 0.6) is 6.01 Å². The average molecular weight is 535 g/mol. The predicted molar refractivity (Wildman–Crippen MR) is 140 cm³/mol. The second-order valence-corrected chi connectivity index (χ2v) is 11.8. The summed E-state index contributed by atoms with van der Waals surface area (Å²) in [5.41, 5.74) is -0.207. The minimum Gasteiger partial charge on any atom is -0.461 e. The molecule has 3 fully saturated rings. The third-order valence-corrected chi connectivity index (χ3v) is 7.83. The van der Waals surface area contributed by atoms with Crippen LogP contribution in [0.4, 0.5) is 15.0 Å². The number of anilines is 1. The molecule has 1 amide bonds. The maximum Gasteiger partial charge on any atom is 0.410 e. The maximum absolute atomic E-state index is 14.2. The fraction of sp³-hybridized carbons (Fsp3) is 0.692. The van der Waals surface area contributed by atoms with Crippen LogP contribution < -0.4 is 9.64 Å². The molecule has 0 saturated carbocycles. The van der Waals surface area contributed by atoms with E-state index < -0.39 is 11.8 Å². The molecule has 0 N–H and O–H groups in total. The number of hydrogen-bond acceptors (Lipinski definition) is 8. The molecule has 0 radical (unpaired) electrons. The minimum atomic E-state index is -0.825. The Morgan fingerprint density at radius 2 is 2.05 bits per heavy atom. The molecule has 2 aromatic heterocycles. The molecule has 5 rings (SSSR count). The van der Waals surface area contributed by atoms with Crippen molar-refractivity contribution in [2.24, 2.45) is 0 Å². The zero-order chi connectivity index (χ0) is 26.4. The summed E-state index contributed by atoms with van der Waals surface area (Å²) in [6.45, 7) is 11.1. The fourth-order valence-electron chi connectivity index (χ4n) is 5.88. The highest BCUT2D eigenvalue weighted by Gasteiger charge is 2.49. The molecule has 3 saturated heterocycles. The monoisotopic (exact) mass is 534 g/mol. The fourth-order valence-corrected chi connectivity index (χ4v) is 6.03. The standard InChI is InChI=1S/C26H36ClFN6O3/c1-5-18-15-32(9-10-34(18)24(35)37-25(2,3)4)22-19-13-29-21(27)11-20(19)30-23(31-22)36-16-26-7-6-8-33(26)14-17(28)12-26/h11,13,17-18H,5-10,12,14-16H2,1-4H3/t17-,18?,26+/m1/s1. The number of ether oxygens (including phenoxy) is 2. The quantitative estimate of drug-likeness (QED) is 0.520. The average Bonchev–Trinajstić information content (AvgIpc) is 3.36. The van der Waals surface area contributed by atoms with Crippen molar-refractivity contribution in [3.05, 3.63) is 17.4 Å². The van der Waals surface area contributed by atoms with E-state index in [0.717, 1.165) is 31.2 Å². The molecular formula is C26H36ClFN6O3. The van der Waals surface area contributed by atoms with Crippen molar-refractivity contribution in [3.63, 3.8) is 0 Å². The third-order valence-electron chi connectivity index (χ3n) is 7.62. The van der Waals surface area contributed by atoms with Crippen LogP contribution in [0.3, 0.4) is 0 Å². The second-order valence-electron chi connectivity index (χ2n) is 11.4. The Kier molecular flexibility index (Phi) is 7.08. The Balaban J connectivity index is 1.40. The Morgan fingerprint density at radius 1 is 1.24 bits per heavy atom. The molecule has 37 heavy (non-hydrogen) atoms. The van der Waals surface area contributed by atoms with Crippen molar-refractivity contribution in [1.29, 1.82) is 0 Å². The highest BCUT2D eigenvalue weighted by atomic mass is 35.5. The van der Waals surface area contributed by atoms with E-state index in [2.05, 4.69) is 26.7 Å². The lowest BCUT2D eigenvalue weighted by molar-refractivity contribution is 0.0136. The van der Waals surface area contributed by atoms with Crippen LogP contribution in [0, 0.1) is 0 Å². The highest BCUT2D eigenvalue weighted by molar-refractivity contribution is 6.30. The number of carbonyl (C=O) groups is 1. The van der Waals surface area contributed by atoms with E-state index in [4.69, 9.17) is 26.1 Å².